The van der Waals surface area contributed by atoms with Crippen molar-refractivity contribution in [2.45, 2.75) is 26.8 Å². The highest BCUT2D eigenvalue weighted by molar-refractivity contribution is 5.93. The minimum absolute atomic E-state index is 0.0470. The van der Waals surface area contributed by atoms with Crippen molar-refractivity contribution < 1.29 is 19.1 Å². The topological polar surface area (TPSA) is 89.8 Å². The number of allylic oxidation sites excluding steroid dienone is 1. The fourth-order valence-corrected chi connectivity index (χ4v) is 4.00. The Hall–Kier alpha value is -3.20. The van der Waals surface area contributed by atoms with Gasteiger partial charge in [-0.25, -0.2) is 9.48 Å². The molecule has 1 aromatic carbocycles. The molecule has 164 valence electrons. The van der Waals surface area contributed by atoms with E-state index in [4.69, 9.17) is 9.47 Å². The van der Waals surface area contributed by atoms with Gasteiger partial charge in [-0.15, -0.1) is 0 Å². The van der Waals surface area contributed by atoms with Crippen LogP contribution in [0.4, 0.5) is 5.95 Å². The van der Waals surface area contributed by atoms with E-state index in [2.05, 4.69) is 10.1 Å². The Morgan fingerprint density at radius 2 is 1.87 bits per heavy atom. The summed E-state index contributed by atoms with van der Waals surface area (Å²) in [6.07, 6.45) is 1.45. The van der Waals surface area contributed by atoms with E-state index in [1.165, 1.54) is 6.33 Å². The smallest absolute Gasteiger partial charge is 0.338 e. The van der Waals surface area contributed by atoms with E-state index < -0.39 is 12.0 Å². The lowest BCUT2D eigenvalue weighted by Crippen LogP contribution is -2.47. The zero-order valence-corrected chi connectivity index (χ0v) is 18.1. The van der Waals surface area contributed by atoms with Gasteiger partial charge in [0.05, 0.1) is 25.4 Å². The Bertz CT molecular complexity index is 992. The Morgan fingerprint density at radius 3 is 2.55 bits per heavy atom. The number of nitrogens with zero attached hydrogens (tertiary/aromatic N) is 5. The molecule has 31 heavy (non-hydrogen) atoms. The van der Waals surface area contributed by atoms with Crippen LogP contribution in [0.25, 0.3) is 0 Å². The molecule has 0 radical (unpaired) electrons. The zero-order chi connectivity index (χ0) is 22.0. The molecule has 9 heteroatoms. The highest BCUT2D eigenvalue weighted by Gasteiger charge is 2.39. The first kappa shape index (κ1) is 21.0. The van der Waals surface area contributed by atoms with Crippen LogP contribution < -0.4 is 4.90 Å². The molecular formula is C22H27N5O4. The maximum Gasteiger partial charge on any atom is 0.338 e. The lowest BCUT2D eigenvalue weighted by molar-refractivity contribution is -0.139. The SMILES string of the molecule is CCOC(=O)C1=C(C)N(CC(=O)N2CCOCC2)c2ncnn2[C@@H]1c1ccc(C)cc1. The summed E-state index contributed by atoms with van der Waals surface area (Å²) >= 11 is 0. The molecule has 1 atom stereocenters. The highest BCUT2D eigenvalue weighted by atomic mass is 16.5. The standard InChI is InChI=1S/C22H27N5O4/c1-4-31-21(29)19-16(3)26(13-18(28)25-9-11-30-12-10-25)22-23-14-24-27(22)20(19)17-7-5-15(2)6-8-17/h5-8,14,20H,4,9-13H2,1-3H3/t20-/m1/s1. The number of hydrogen-bond acceptors (Lipinski definition) is 7. The Balaban J connectivity index is 1.75. The van der Waals surface area contributed by atoms with Crippen LogP contribution in [0.15, 0.2) is 41.9 Å². The Labute approximate surface area is 181 Å². The van der Waals surface area contributed by atoms with Crippen LogP contribution in [0.5, 0.6) is 0 Å². The van der Waals surface area contributed by atoms with Gasteiger partial charge in [0, 0.05) is 18.8 Å². The molecule has 1 fully saturated rings. The normalized spacial score (nSPS) is 18.7. The maximum absolute atomic E-state index is 13.0. The molecule has 0 unspecified atom stereocenters. The number of morpholine rings is 1. The fourth-order valence-electron chi connectivity index (χ4n) is 4.00. The second-order valence-electron chi connectivity index (χ2n) is 7.62. The first-order valence-electron chi connectivity index (χ1n) is 10.5. The third-order valence-electron chi connectivity index (χ3n) is 5.65. The fraction of sp³-hybridized carbons (Fsp3) is 0.455. The van der Waals surface area contributed by atoms with Gasteiger partial charge >= 0.3 is 5.97 Å². The summed E-state index contributed by atoms with van der Waals surface area (Å²) in [6, 6.07) is 7.47. The minimum Gasteiger partial charge on any atom is -0.463 e. The number of anilines is 1. The summed E-state index contributed by atoms with van der Waals surface area (Å²) in [5.74, 6) is 0.0578. The minimum atomic E-state index is -0.480. The van der Waals surface area contributed by atoms with Gasteiger partial charge in [-0.2, -0.15) is 10.1 Å². The summed E-state index contributed by atoms with van der Waals surface area (Å²) in [4.78, 5) is 34.0. The summed E-state index contributed by atoms with van der Waals surface area (Å²) < 4.78 is 12.4. The van der Waals surface area contributed by atoms with Crippen LogP contribution in [0.2, 0.25) is 0 Å². The first-order valence-corrected chi connectivity index (χ1v) is 10.5. The number of aryl methyl sites for hydroxylation is 1. The van der Waals surface area contributed by atoms with Crippen LogP contribution in [0.1, 0.15) is 31.0 Å². The van der Waals surface area contributed by atoms with E-state index in [-0.39, 0.29) is 19.1 Å². The van der Waals surface area contributed by atoms with Crippen molar-refractivity contribution in [1.29, 1.82) is 0 Å². The van der Waals surface area contributed by atoms with Crippen LogP contribution >= 0.6 is 0 Å². The van der Waals surface area contributed by atoms with Gasteiger partial charge in [0.15, 0.2) is 0 Å². The van der Waals surface area contributed by atoms with Crippen molar-refractivity contribution in [3.8, 4) is 0 Å². The number of ether oxygens (including phenoxy) is 2. The monoisotopic (exact) mass is 425 g/mol. The average molecular weight is 425 g/mol. The molecule has 0 spiro atoms. The molecule has 1 aromatic heterocycles. The van der Waals surface area contributed by atoms with Crippen LogP contribution in [-0.2, 0) is 19.1 Å². The quantitative estimate of drug-likeness (QED) is 0.674. The largest absolute Gasteiger partial charge is 0.463 e. The van der Waals surface area contributed by atoms with Gasteiger partial charge in [-0.05, 0) is 26.3 Å². The van der Waals surface area contributed by atoms with Gasteiger partial charge in [0.2, 0.25) is 11.9 Å². The van der Waals surface area contributed by atoms with E-state index in [9.17, 15) is 9.59 Å². The molecule has 3 heterocycles. The number of fused-ring (bicyclic) bond motifs is 1. The van der Waals surface area contributed by atoms with E-state index >= 15 is 0 Å². The molecule has 9 nitrogen and oxygen atoms in total. The Kier molecular flexibility index (Phi) is 6.03. The lowest BCUT2D eigenvalue weighted by Gasteiger charge is -2.36. The van der Waals surface area contributed by atoms with Crippen LogP contribution in [-0.4, -0.2) is 71.0 Å². The summed E-state index contributed by atoms with van der Waals surface area (Å²) in [7, 11) is 0. The molecular weight excluding hydrogens is 398 g/mol. The number of aromatic nitrogens is 3. The lowest BCUT2D eigenvalue weighted by atomic mass is 9.94. The van der Waals surface area contributed by atoms with Crippen molar-refractivity contribution >= 4 is 17.8 Å². The second kappa shape index (κ2) is 8.89. The van der Waals surface area contributed by atoms with Crippen molar-refractivity contribution in [3.63, 3.8) is 0 Å². The van der Waals surface area contributed by atoms with Crippen molar-refractivity contribution in [1.82, 2.24) is 19.7 Å². The third kappa shape index (κ3) is 4.05. The second-order valence-corrected chi connectivity index (χ2v) is 7.62. The number of amides is 1. The predicted octanol–water partition coefficient (Wildman–Crippen LogP) is 1.69. The molecule has 0 aliphatic carbocycles. The van der Waals surface area contributed by atoms with Gasteiger partial charge in [-0.1, -0.05) is 29.8 Å². The average Bonchev–Trinajstić information content (AvgIpc) is 3.26. The molecule has 2 aliphatic rings. The molecule has 0 saturated carbocycles. The van der Waals surface area contributed by atoms with Crippen molar-refractivity contribution in [2.24, 2.45) is 0 Å². The summed E-state index contributed by atoms with van der Waals surface area (Å²) in [6.45, 7) is 8.10. The number of esters is 1. The van der Waals surface area contributed by atoms with Gasteiger partial charge in [0.1, 0.15) is 18.9 Å². The van der Waals surface area contributed by atoms with Crippen LogP contribution in [0.3, 0.4) is 0 Å². The summed E-state index contributed by atoms with van der Waals surface area (Å²) in [5.41, 5.74) is 3.12. The number of carbonyl (C=O) groups excluding carboxylic acids is 2. The number of rotatable bonds is 5. The maximum atomic E-state index is 13.0. The van der Waals surface area contributed by atoms with E-state index in [0.717, 1.165) is 11.1 Å². The molecule has 0 N–H and O–H groups in total. The summed E-state index contributed by atoms with van der Waals surface area (Å²) in [5, 5.41) is 4.41. The van der Waals surface area contributed by atoms with E-state index in [1.54, 1.807) is 21.4 Å². The molecule has 0 bridgehead atoms. The molecule has 1 saturated heterocycles. The predicted molar refractivity (Wildman–Crippen MR) is 113 cm³/mol. The highest BCUT2D eigenvalue weighted by Crippen LogP contribution is 2.38. The number of hydrogen-bond donors (Lipinski definition) is 0. The molecule has 4 rings (SSSR count). The number of benzene rings is 1. The van der Waals surface area contributed by atoms with Gasteiger partial charge < -0.3 is 19.3 Å². The first-order chi connectivity index (χ1) is 15.0. The number of carbonyl (C=O) groups is 2. The third-order valence-corrected chi connectivity index (χ3v) is 5.65. The van der Waals surface area contributed by atoms with Gasteiger partial charge in [-0.3, -0.25) is 4.79 Å². The Morgan fingerprint density at radius 1 is 1.16 bits per heavy atom. The van der Waals surface area contributed by atoms with Crippen molar-refractivity contribution in [2.75, 3.05) is 44.4 Å². The van der Waals surface area contributed by atoms with Gasteiger partial charge in [0.25, 0.3) is 0 Å². The van der Waals surface area contributed by atoms with E-state index in [1.807, 2.05) is 38.1 Å². The molecule has 1 amide bonds. The zero-order valence-electron chi connectivity index (χ0n) is 18.1. The molecule has 2 aliphatic heterocycles. The van der Waals surface area contributed by atoms with Crippen molar-refractivity contribution in [3.05, 3.63) is 53.0 Å². The van der Waals surface area contributed by atoms with Crippen LogP contribution in [0, 0.1) is 6.92 Å². The van der Waals surface area contributed by atoms with E-state index in [0.29, 0.717) is 43.5 Å². The molecule has 2 aromatic rings.